The molecule has 0 bridgehead atoms. The van der Waals surface area contributed by atoms with Crippen LogP contribution in [0.2, 0.25) is 0 Å². The highest BCUT2D eigenvalue weighted by Gasteiger charge is 2.36. The number of hydroxylamine groups is 2. The first-order valence-corrected chi connectivity index (χ1v) is 9.10. The molecule has 1 aromatic rings. The van der Waals surface area contributed by atoms with Crippen molar-refractivity contribution in [3.63, 3.8) is 0 Å². The van der Waals surface area contributed by atoms with E-state index >= 15 is 0 Å². The molecule has 0 fully saturated rings. The Morgan fingerprint density at radius 3 is 2.17 bits per heavy atom. The molecule has 0 heterocycles. The maximum absolute atomic E-state index is 12.9. The zero-order valence-corrected chi connectivity index (χ0v) is 17.3. The summed E-state index contributed by atoms with van der Waals surface area (Å²) in [6.07, 6.45) is -11.3. The zero-order valence-electron chi connectivity index (χ0n) is 15.7. The van der Waals surface area contributed by atoms with E-state index in [-0.39, 0.29) is 16.8 Å². The summed E-state index contributed by atoms with van der Waals surface area (Å²) >= 11 is 2.92. The van der Waals surface area contributed by atoms with Crippen LogP contribution in [0.4, 0.5) is 31.1 Å². The number of nitrogens with one attached hydrogen (secondary N) is 1. The summed E-state index contributed by atoms with van der Waals surface area (Å²) in [5, 5.41) is 2.89. The second-order valence-electron chi connectivity index (χ2n) is 6.55. The lowest BCUT2D eigenvalue weighted by Crippen LogP contribution is -2.55. The fourth-order valence-corrected chi connectivity index (χ4v) is 2.60. The molecule has 0 unspecified atom stereocenters. The van der Waals surface area contributed by atoms with Crippen LogP contribution in [0.15, 0.2) is 22.7 Å². The molecule has 2 amide bonds. The molecule has 0 spiro atoms. The Balaban J connectivity index is 2.89. The molecule has 0 aromatic heterocycles. The summed E-state index contributed by atoms with van der Waals surface area (Å²) in [6.45, 7) is 3.78. The highest BCUT2D eigenvalue weighted by atomic mass is 79.9. The van der Waals surface area contributed by atoms with E-state index in [4.69, 9.17) is 4.84 Å². The first-order valence-electron chi connectivity index (χ1n) is 8.30. The molecule has 0 aliphatic rings. The average Bonchev–Trinajstić information content (AvgIpc) is 2.54. The first-order chi connectivity index (χ1) is 13.0. The van der Waals surface area contributed by atoms with Crippen LogP contribution in [0.5, 0.6) is 5.75 Å². The molecule has 1 N–H and O–H groups in total. The number of ketones is 1. The number of hydrogen-bond acceptors (Lipinski definition) is 3. The third-order valence-corrected chi connectivity index (χ3v) is 4.14. The molecule has 0 aliphatic heterocycles. The van der Waals surface area contributed by atoms with Crippen molar-refractivity contribution in [3.8, 4) is 5.75 Å². The smallest absolute Gasteiger partial charge is 0.375 e. The van der Waals surface area contributed by atoms with Crippen LogP contribution in [0.3, 0.4) is 0 Å². The lowest BCUT2D eigenvalue weighted by atomic mass is 9.95. The monoisotopic (exact) mass is 492 g/mol. The second kappa shape index (κ2) is 9.23. The molecule has 29 heavy (non-hydrogen) atoms. The quantitative estimate of drug-likeness (QED) is 0.404. The highest BCUT2D eigenvalue weighted by molar-refractivity contribution is 9.10. The second-order valence-corrected chi connectivity index (χ2v) is 7.47. The molecule has 12 heteroatoms. The predicted molar refractivity (Wildman–Crippen MR) is 95.1 cm³/mol. The van der Waals surface area contributed by atoms with Gasteiger partial charge in [-0.05, 0) is 39.0 Å². The minimum Gasteiger partial charge on any atom is -0.375 e. The molecule has 1 rings (SSSR count). The number of alkyl halides is 6. The van der Waals surface area contributed by atoms with Crippen LogP contribution in [-0.2, 0) is 11.0 Å². The third kappa shape index (κ3) is 8.11. The fraction of sp³-hybridized carbons (Fsp3) is 0.529. The van der Waals surface area contributed by atoms with Gasteiger partial charge < -0.3 is 10.2 Å². The summed E-state index contributed by atoms with van der Waals surface area (Å²) in [5.41, 5.74) is -2.66. The number of Topliss-reactive ketones (excluding diaryl/α,β-unsaturated/α-hetero) is 1. The largest absolute Gasteiger partial charge is 0.416 e. The molecule has 5 nitrogen and oxygen atoms in total. The van der Waals surface area contributed by atoms with Gasteiger partial charge in [-0.15, -0.1) is 0 Å². The van der Waals surface area contributed by atoms with E-state index in [0.717, 1.165) is 6.07 Å². The van der Waals surface area contributed by atoms with Gasteiger partial charge >= 0.3 is 18.4 Å². The van der Waals surface area contributed by atoms with Crippen molar-refractivity contribution in [3.05, 3.63) is 28.2 Å². The van der Waals surface area contributed by atoms with E-state index < -0.39 is 48.1 Å². The number of urea groups is 1. The minimum atomic E-state index is -4.64. The van der Waals surface area contributed by atoms with E-state index in [1.54, 1.807) is 0 Å². The van der Waals surface area contributed by atoms with Crippen molar-refractivity contribution < 1.29 is 40.8 Å². The zero-order chi connectivity index (χ0) is 22.6. The van der Waals surface area contributed by atoms with Gasteiger partial charge in [-0.2, -0.15) is 31.4 Å². The van der Waals surface area contributed by atoms with Crippen LogP contribution in [0.1, 0.15) is 39.2 Å². The fourth-order valence-electron chi connectivity index (χ4n) is 2.12. The lowest BCUT2D eigenvalue weighted by molar-refractivity contribution is -0.145. The molecule has 0 saturated heterocycles. The summed E-state index contributed by atoms with van der Waals surface area (Å²) in [6, 6.07) is 1.71. The van der Waals surface area contributed by atoms with Crippen LogP contribution < -0.4 is 10.2 Å². The number of amides is 2. The minimum absolute atomic E-state index is 0.0569. The predicted octanol–water partition coefficient (Wildman–Crippen LogP) is 5.48. The van der Waals surface area contributed by atoms with Gasteiger partial charge in [-0.1, -0.05) is 15.9 Å². The summed E-state index contributed by atoms with van der Waals surface area (Å²) < 4.78 is 75.6. The summed E-state index contributed by atoms with van der Waals surface area (Å²) in [5.74, 6) is -1.16. The van der Waals surface area contributed by atoms with Crippen LogP contribution in [0.25, 0.3) is 0 Å². The molecule has 0 aliphatic carbocycles. The van der Waals surface area contributed by atoms with Gasteiger partial charge in [0.05, 0.1) is 24.1 Å². The number of benzene rings is 1. The molecule has 0 atom stereocenters. The Morgan fingerprint density at radius 2 is 1.69 bits per heavy atom. The van der Waals surface area contributed by atoms with Crippen LogP contribution >= 0.6 is 15.9 Å². The Labute approximate surface area is 171 Å². The Bertz CT molecular complexity index is 750. The van der Waals surface area contributed by atoms with Crippen LogP contribution in [-0.4, -0.2) is 35.1 Å². The Kier molecular flexibility index (Phi) is 7.97. The maximum Gasteiger partial charge on any atom is 0.416 e. The van der Waals surface area contributed by atoms with Gasteiger partial charge in [0.25, 0.3) is 0 Å². The van der Waals surface area contributed by atoms with Crippen LogP contribution in [0, 0.1) is 0 Å². The van der Waals surface area contributed by atoms with Crippen molar-refractivity contribution in [2.24, 2.45) is 0 Å². The van der Waals surface area contributed by atoms with E-state index in [0.29, 0.717) is 11.1 Å². The molecule has 0 radical (unpaired) electrons. The third-order valence-electron chi connectivity index (χ3n) is 3.68. The van der Waals surface area contributed by atoms with Gasteiger partial charge in [-0.3, -0.25) is 4.79 Å². The van der Waals surface area contributed by atoms with Gasteiger partial charge in [0.1, 0.15) is 0 Å². The molecule has 164 valence electrons. The normalized spacial score (nSPS) is 12.5. The number of rotatable bonds is 7. The molecular formula is C17H19BrF6N2O3. The van der Waals surface area contributed by atoms with Gasteiger partial charge in [0.15, 0.2) is 11.5 Å². The first kappa shape index (κ1) is 25.1. The Morgan fingerprint density at radius 1 is 1.10 bits per heavy atom. The number of nitrogens with zero attached hydrogens (tertiary/aromatic N) is 1. The summed E-state index contributed by atoms with van der Waals surface area (Å²) in [7, 11) is 0. The van der Waals surface area contributed by atoms with Crippen molar-refractivity contribution in [1.29, 1.82) is 0 Å². The van der Waals surface area contributed by atoms with E-state index in [9.17, 15) is 35.9 Å². The standard InChI is InChI=1S/C17H19BrF6N2O3/c1-4-26(29-12-8-10(17(22,23)24)7-11(18)9-12)14(28)25-15(2,3)13(27)5-6-16(19,20)21/h7-9H,4-6H2,1-3H3,(H,25,28). The van der Waals surface area contributed by atoms with Gasteiger partial charge in [0, 0.05) is 10.9 Å². The van der Waals surface area contributed by atoms with E-state index in [1.807, 2.05) is 0 Å². The van der Waals surface area contributed by atoms with Gasteiger partial charge in [0.2, 0.25) is 0 Å². The van der Waals surface area contributed by atoms with Crippen molar-refractivity contribution >= 4 is 27.7 Å². The SMILES string of the molecule is CCN(Oc1cc(Br)cc(C(F)(F)F)c1)C(=O)NC(C)(C)C(=O)CCC(F)(F)F. The topological polar surface area (TPSA) is 58.6 Å². The highest BCUT2D eigenvalue weighted by Crippen LogP contribution is 2.34. The van der Waals surface area contributed by atoms with Gasteiger partial charge in [-0.25, -0.2) is 4.79 Å². The number of halogens is 7. The number of hydrogen-bond donors (Lipinski definition) is 1. The van der Waals surface area contributed by atoms with Crippen molar-refractivity contribution in [1.82, 2.24) is 10.4 Å². The van der Waals surface area contributed by atoms with Crippen molar-refractivity contribution in [2.75, 3.05) is 6.54 Å². The Hall–Kier alpha value is -1.98. The van der Waals surface area contributed by atoms with Crippen molar-refractivity contribution in [2.45, 2.75) is 51.5 Å². The average molecular weight is 493 g/mol. The van der Waals surface area contributed by atoms with E-state index in [2.05, 4.69) is 21.2 Å². The number of carbonyl (C=O) groups is 2. The lowest BCUT2D eigenvalue weighted by Gasteiger charge is -2.29. The molecular weight excluding hydrogens is 474 g/mol. The van der Waals surface area contributed by atoms with E-state index in [1.165, 1.54) is 26.8 Å². The number of carbonyl (C=O) groups excluding carboxylic acids is 2. The maximum atomic E-state index is 12.9. The molecule has 1 aromatic carbocycles. The molecule has 0 saturated carbocycles. The summed E-state index contributed by atoms with van der Waals surface area (Å²) in [4.78, 5) is 29.5.